The normalized spacial score (nSPS) is 9.88. The van der Waals surface area contributed by atoms with Gasteiger partial charge in [0.2, 0.25) is 0 Å². The van der Waals surface area contributed by atoms with E-state index in [1.807, 2.05) is 30.3 Å². The number of esters is 2. The van der Waals surface area contributed by atoms with Crippen LogP contribution >= 0.6 is 0 Å². The van der Waals surface area contributed by atoms with Crippen LogP contribution in [0.15, 0.2) is 66.7 Å². The van der Waals surface area contributed by atoms with Gasteiger partial charge in [-0.25, -0.2) is 9.59 Å². The van der Waals surface area contributed by atoms with Crippen LogP contribution in [0.5, 0.6) is 11.5 Å². The second kappa shape index (κ2) is 8.53. The van der Waals surface area contributed by atoms with Crippen molar-refractivity contribution in [3.05, 3.63) is 72.3 Å². The van der Waals surface area contributed by atoms with E-state index in [0.29, 0.717) is 22.6 Å². The van der Waals surface area contributed by atoms with Crippen molar-refractivity contribution in [1.29, 1.82) is 0 Å². The second-order valence-corrected chi connectivity index (χ2v) is 4.99. The molecule has 0 heterocycles. The van der Waals surface area contributed by atoms with Gasteiger partial charge in [-0.2, -0.15) is 0 Å². The summed E-state index contributed by atoms with van der Waals surface area (Å²) in [5, 5.41) is 0. The van der Waals surface area contributed by atoms with E-state index in [4.69, 9.17) is 14.2 Å². The molecule has 0 unspecified atom stereocenters. The van der Waals surface area contributed by atoms with E-state index in [0.717, 1.165) is 0 Å². The lowest BCUT2D eigenvalue weighted by molar-refractivity contribution is -0.140. The Balaban J connectivity index is 1.81. The molecular weight excluding hydrogens is 308 g/mol. The third-order valence-electron chi connectivity index (χ3n) is 2.97. The highest BCUT2D eigenvalue weighted by molar-refractivity contribution is 5.89. The maximum Gasteiger partial charge on any atom is 0.338 e. The molecule has 0 aliphatic rings. The average Bonchev–Trinajstić information content (AvgIpc) is 2.59. The molecule has 0 radical (unpaired) electrons. The molecule has 0 bridgehead atoms. The summed E-state index contributed by atoms with van der Waals surface area (Å²) in [6, 6.07) is 15.9. The predicted octanol–water partition coefficient (Wildman–Crippen LogP) is 3.76. The molecule has 0 aliphatic carbocycles. The number of ether oxygens (including phenoxy) is 3. The standard InChI is InChI=1S/C19H18O5/c1-14(2)18(20)22-12-13-23-19(21)15-8-10-17(11-9-15)24-16-6-4-3-5-7-16/h3-11H,1,12-13H2,2H3. The molecule has 124 valence electrons. The topological polar surface area (TPSA) is 61.8 Å². The Morgan fingerprint density at radius 2 is 1.46 bits per heavy atom. The molecule has 0 atom stereocenters. The average molecular weight is 326 g/mol. The van der Waals surface area contributed by atoms with Gasteiger partial charge in [0.15, 0.2) is 0 Å². The van der Waals surface area contributed by atoms with Crippen LogP contribution < -0.4 is 4.74 Å². The molecule has 0 N–H and O–H groups in total. The first-order chi connectivity index (χ1) is 11.6. The van der Waals surface area contributed by atoms with Crippen molar-refractivity contribution in [3.8, 4) is 11.5 Å². The molecule has 24 heavy (non-hydrogen) atoms. The van der Waals surface area contributed by atoms with Gasteiger partial charge in [0.05, 0.1) is 5.56 Å². The summed E-state index contributed by atoms with van der Waals surface area (Å²) in [5.41, 5.74) is 0.692. The van der Waals surface area contributed by atoms with Crippen molar-refractivity contribution < 1.29 is 23.8 Å². The fourth-order valence-electron chi connectivity index (χ4n) is 1.76. The minimum atomic E-state index is -0.506. The fourth-order valence-corrected chi connectivity index (χ4v) is 1.76. The summed E-state index contributed by atoms with van der Waals surface area (Å²) in [5.74, 6) is 0.335. The zero-order valence-corrected chi connectivity index (χ0v) is 13.4. The van der Waals surface area contributed by atoms with Crippen molar-refractivity contribution in [1.82, 2.24) is 0 Å². The van der Waals surface area contributed by atoms with Crippen LogP contribution in [-0.2, 0) is 14.3 Å². The Bertz CT molecular complexity index is 704. The highest BCUT2D eigenvalue weighted by Gasteiger charge is 2.08. The third-order valence-corrected chi connectivity index (χ3v) is 2.97. The molecule has 5 nitrogen and oxygen atoms in total. The highest BCUT2D eigenvalue weighted by Crippen LogP contribution is 2.21. The zero-order valence-electron chi connectivity index (χ0n) is 13.4. The summed E-state index contributed by atoms with van der Waals surface area (Å²) in [6.45, 7) is 4.99. The number of rotatable bonds is 7. The molecule has 0 amide bonds. The van der Waals surface area contributed by atoms with Crippen LogP contribution in [0.3, 0.4) is 0 Å². The van der Waals surface area contributed by atoms with Gasteiger partial charge in [-0.05, 0) is 43.3 Å². The Labute approximate surface area is 140 Å². The van der Waals surface area contributed by atoms with Crippen LogP contribution in [0.4, 0.5) is 0 Å². The summed E-state index contributed by atoms with van der Waals surface area (Å²) < 4.78 is 15.5. The highest BCUT2D eigenvalue weighted by atomic mass is 16.6. The lowest BCUT2D eigenvalue weighted by Gasteiger charge is -2.08. The quantitative estimate of drug-likeness (QED) is 0.440. The molecule has 2 rings (SSSR count). The minimum Gasteiger partial charge on any atom is -0.459 e. The van der Waals surface area contributed by atoms with E-state index >= 15 is 0 Å². The van der Waals surface area contributed by atoms with E-state index < -0.39 is 11.9 Å². The van der Waals surface area contributed by atoms with Crippen LogP contribution in [0.1, 0.15) is 17.3 Å². The van der Waals surface area contributed by atoms with E-state index in [9.17, 15) is 9.59 Å². The number of para-hydroxylation sites is 1. The molecule has 0 spiro atoms. The van der Waals surface area contributed by atoms with Crippen molar-refractivity contribution in [2.24, 2.45) is 0 Å². The molecule has 0 aromatic heterocycles. The molecule has 2 aromatic rings. The van der Waals surface area contributed by atoms with E-state index in [1.165, 1.54) is 0 Å². The fraction of sp³-hybridized carbons (Fsp3) is 0.158. The smallest absolute Gasteiger partial charge is 0.338 e. The Kier molecular flexibility index (Phi) is 6.14. The summed E-state index contributed by atoms with van der Waals surface area (Å²) >= 11 is 0. The maximum absolute atomic E-state index is 11.9. The summed E-state index contributed by atoms with van der Waals surface area (Å²) in [4.78, 5) is 23.0. The first-order valence-electron chi connectivity index (χ1n) is 7.39. The Morgan fingerprint density at radius 1 is 0.875 bits per heavy atom. The van der Waals surface area contributed by atoms with E-state index in [1.54, 1.807) is 31.2 Å². The number of benzene rings is 2. The second-order valence-electron chi connectivity index (χ2n) is 4.99. The number of hydrogen-bond donors (Lipinski definition) is 0. The van der Waals surface area contributed by atoms with Crippen LogP contribution in [-0.4, -0.2) is 25.2 Å². The van der Waals surface area contributed by atoms with Gasteiger partial charge in [0.25, 0.3) is 0 Å². The van der Waals surface area contributed by atoms with Gasteiger partial charge in [0, 0.05) is 5.57 Å². The van der Waals surface area contributed by atoms with Gasteiger partial charge in [-0.1, -0.05) is 24.8 Å². The van der Waals surface area contributed by atoms with E-state index in [2.05, 4.69) is 6.58 Å². The molecular formula is C19H18O5. The number of carbonyl (C=O) groups excluding carboxylic acids is 2. The summed E-state index contributed by atoms with van der Waals surface area (Å²) in [6.07, 6.45) is 0. The third kappa shape index (κ3) is 5.28. The largest absolute Gasteiger partial charge is 0.459 e. The van der Waals surface area contributed by atoms with Crippen molar-refractivity contribution in [2.75, 3.05) is 13.2 Å². The van der Waals surface area contributed by atoms with Gasteiger partial charge in [-0.15, -0.1) is 0 Å². The lowest BCUT2D eigenvalue weighted by Crippen LogP contribution is -2.14. The van der Waals surface area contributed by atoms with Crippen molar-refractivity contribution in [2.45, 2.75) is 6.92 Å². The SMILES string of the molecule is C=C(C)C(=O)OCCOC(=O)c1ccc(Oc2ccccc2)cc1. The van der Waals surface area contributed by atoms with Gasteiger partial charge < -0.3 is 14.2 Å². The molecule has 2 aromatic carbocycles. The maximum atomic E-state index is 11.9. The molecule has 0 saturated heterocycles. The Morgan fingerprint density at radius 3 is 2.08 bits per heavy atom. The monoisotopic (exact) mass is 326 g/mol. The Hall–Kier alpha value is -3.08. The van der Waals surface area contributed by atoms with Gasteiger partial charge >= 0.3 is 11.9 Å². The first kappa shape index (κ1) is 17.3. The van der Waals surface area contributed by atoms with Crippen LogP contribution in [0.25, 0.3) is 0 Å². The molecule has 0 aliphatic heterocycles. The van der Waals surface area contributed by atoms with Crippen LogP contribution in [0, 0.1) is 0 Å². The predicted molar refractivity (Wildman–Crippen MR) is 89.0 cm³/mol. The van der Waals surface area contributed by atoms with Crippen LogP contribution in [0.2, 0.25) is 0 Å². The molecule has 0 fully saturated rings. The van der Waals surface area contributed by atoms with Crippen molar-refractivity contribution in [3.63, 3.8) is 0 Å². The van der Waals surface area contributed by atoms with Crippen molar-refractivity contribution >= 4 is 11.9 Å². The summed E-state index contributed by atoms with van der Waals surface area (Å²) in [7, 11) is 0. The molecule has 0 saturated carbocycles. The van der Waals surface area contributed by atoms with E-state index in [-0.39, 0.29) is 13.2 Å². The zero-order chi connectivity index (χ0) is 17.4. The number of hydrogen-bond acceptors (Lipinski definition) is 5. The first-order valence-corrected chi connectivity index (χ1v) is 7.39. The number of carbonyl (C=O) groups is 2. The van der Waals surface area contributed by atoms with Gasteiger partial charge in [-0.3, -0.25) is 0 Å². The lowest BCUT2D eigenvalue weighted by atomic mass is 10.2. The molecule has 5 heteroatoms. The van der Waals surface area contributed by atoms with Gasteiger partial charge in [0.1, 0.15) is 24.7 Å². The minimum absolute atomic E-state index is 0.00731.